The highest BCUT2D eigenvalue weighted by atomic mass is 19.4. The lowest BCUT2D eigenvalue weighted by atomic mass is 10.1. The molecule has 17 heavy (non-hydrogen) atoms. The summed E-state index contributed by atoms with van der Waals surface area (Å²) in [5.74, 6) is 0.479. The van der Waals surface area contributed by atoms with Crippen LogP contribution in [0.2, 0.25) is 0 Å². The zero-order chi connectivity index (χ0) is 12.5. The molecule has 2 aromatic rings. The van der Waals surface area contributed by atoms with Crippen LogP contribution in [0, 0.1) is 0 Å². The molecule has 0 radical (unpaired) electrons. The molecule has 0 atom stereocenters. The molecule has 0 aliphatic heterocycles. The molecule has 1 aromatic heterocycles. The Kier molecular flexibility index (Phi) is 2.79. The Bertz CT molecular complexity index is 519. The molecule has 0 unspecified atom stereocenters. The average Bonchev–Trinajstić information content (AvgIpc) is 2.77. The number of aromatic nitrogens is 2. The maximum Gasteiger partial charge on any atom is 0.432 e. The molecule has 0 aliphatic rings. The summed E-state index contributed by atoms with van der Waals surface area (Å²) >= 11 is 0. The number of benzene rings is 1. The number of ether oxygens (including phenoxy) is 1. The highest BCUT2D eigenvalue weighted by molar-refractivity contribution is 5.67. The van der Waals surface area contributed by atoms with E-state index in [0.717, 1.165) is 6.07 Å². The van der Waals surface area contributed by atoms with Crippen molar-refractivity contribution < 1.29 is 17.9 Å². The number of halogens is 3. The van der Waals surface area contributed by atoms with E-state index in [0.29, 0.717) is 11.3 Å². The monoisotopic (exact) mass is 242 g/mol. The fourth-order valence-electron chi connectivity index (χ4n) is 1.46. The molecule has 0 spiro atoms. The molecule has 0 amide bonds. The first kappa shape index (κ1) is 11.5. The molecule has 0 saturated carbocycles. The second kappa shape index (κ2) is 4.12. The van der Waals surface area contributed by atoms with Crippen molar-refractivity contribution in [2.24, 2.45) is 0 Å². The molecule has 1 heterocycles. The Labute approximate surface area is 95.2 Å². The summed E-state index contributed by atoms with van der Waals surface area (Å²) in [7, 11) is 1.45. The van der Waals surface area contributed by atoms with Gasteiger partial charge in [-0.05, 0) is 18.2 Å². The van der Waals surface area contributed by atoms with Crippen molar-refractivity contribution in [3.63, 3.8) is 0 Å². The van der Waals surface area contributed by atoms with Gasteiger partial charge in [-0.2, -0.15) is 18.3 Å². The summed E-state index contributed by atoms with van der Waals surface area (Å²) in [5, 5.41) is 5.60. The topological polar surface area (TPSA) is 37.9 Å². The van der Waals surface area contributed by atoms with Gasteiger partial charge in [0.2, 0.25) is 0 Å². The molecule has 0 aliphatic carbocycles. The van der Waals surface area contributed by atoms with E-state index in [9.17, 15) is 13.2 Å². The maximum atomic E-state index is 12.4. The first-order chi connectivity index (χ1) is 8.02. The van der Waals surface area contributed by atoms with Gasteiger partial charge in [0.15, 0.2) is 0 Å². The van der Waals surface area contributed by atoms with Crippen molar-refractivity contribution in [1.82, 2.24) is 10.2 Å². The standard InChI is InChI=1S/C11H9F3N2O/c1-17-9-5-3-2-4-7(9)8-6-10(16-15-8)11(12,13)14/h2-6H,1H3,(H,15,16). The van der Waals surface area contributed by atoms with Gasteiger partial charge in [0, 0.05) is 5.56 Å². The number of hydrogen-bond donors (Lipinski definition) is 1. The third kappa shape index (κ3) is 2.25. The predicted molar refractivity (Wildman–Crippen MR) is 55.6 cm³/mol. The number of para-hydroxylation sites is 1. The lowest BCUT2D eigenvalue weighted by Gasteiger charge is -2.04. The van der Waals surface area contributed by atoms with Crippen LogP contribution < -0.4 is 4.74 Å². The van der Waals surface area contributed by atoms with Crippen LogP contribution in [0.15, 0.2) is 30.3 Å². The summed E-state index contributed by atoms with van der Waals surface area (Å²) in [5.41, 5.74) is -0.157. The van der Waals surface area contributed by atoms with E-state index in [-0.39, 0.29) is 5.69 Å². The predicted octanol–water partition coefficient (Wildman–Crippen LogP) is 3.10. The van der Waals surface area contributed by atoms with Crippen molar-refractivity contribution in [2.75, 3.05) is 7.11 Å². The number of methoxy groups -OCH3 is 1. The van der Waals surface area contributed by atoms with E-state index in [1.165, 1.54) is 7.11 Å². The number of hydrogen-bond acceptors (Lipinski definition) is 2. The van der Waals surface area contributed by atoms with Crippen LogP contribution in [0.4, 0.5) is 13.2 Å². The first-order valence-electron chi connectivity index (χ1n) is 4.78. The number of rotatable bonds is 2. The van der Waals surface area contributed by atoms with E-state index in [2.05, 4.69) is 5.10 Å². The minimum absolute atomic E-state index is 0.203. The molecule has 3 nitrogen and oxygen atoms in total. The van der Waals surface area contributed by atoms with Crippen molar-refractivity contribution in [3.8, 4) is 17.0 Å². The summed E-state index contributed by atoms with van der Waals surface area (Å²) in [4.78, 5) is 0. The minimum atomic E-state index is -4.42. The number of nitrogens with zero attached hydrogens (tertiary/aromatic N) is 1. The Morgan fingerprint density at radius 2 is 1.94 bits per heavy atom. The molecule has 0 fully saturated rings. The van der Waals surface area contributed by atoms with Gasteiger partial charge < -0.3 is 4.74 Å². The van der Waals surface area contributed by atoms with E-state index in [4.69, 9.17) is 4.74 Å². The van der Waals surface area contributed by atoms with Crippen LogP contribution in [0.25, 0.3) is 11.3 Å². The Balaban J connectivity index is 2.44. The quantitative estimate of drug-likeness (QED) is 0.878. The maximum absolute atomic E-state index is 12.4. The van der Waals surface area contributed by atoms with Crippen molar-refractivity contribution in [1.29, 1.82) is 0 Å². The third-order valence-corrected chi connectivity index (χ3v) is 2.27. The van der Waals surface area contributed by atoms with Crippen LogP contribution >= 0.6 is 0 Å². The summed E-state index contributed by atoms with van der Waals surface area (Å²) in [6, 6.07) is 7.71. The molecule has 0 bridgehead atoms. The molecule has 2 rings (SSSR count). The summed E-state index contributed by atoms with van der Waals surface area (Å²) in [6.45, 7) is 0. The SMILES string of the molecule is COc1ccccc1-c1cc(C(F)(F)F)[nH]n1. The first-order valence-corrected chi connectivity index (χ1v) is 4.78. The second-order valence-electron chi connectivity index (χ2n) is 3.36. The van der Waals surface area contributed by atoms with Crippen LogP contribution in [-0.4, -0.2) is 17.3 Å². The number of H-pyrrole nitrogens is 1. The van der Waals surface area contributed by atoms with E-state index >= 15 is 0 Å². The van der Waals surface area contributed by atoms with Crippen LogP contribution in [-0.2, 0) is 6.18 Å². The van der Waals surface area contributed by atoms with E-state index in [1.54, 1.807) is 24.3 Å². The largest absolute Gasteiger partial charge is 0.496 e. The number of alkyl halides is 3. The van der Waals surface area contributed by atoms with E-state index < -0.39 is 11.9 Å². The fraction of sp³-hybridized carbons (Fsp3) is 0.182. The Morgan fingerprint density at radius 3 is 2.53 bits per heavy atom. The highest BCUT2D eigenvalue weighted by Gasteiger charge is 2.33. The van der Waals surface area contributed by atoms with Gasteiger partial charge in [0.05, 0.1) is 12.8 Å². The normalized spacial score (nSPS) is 11.5. The molecule has 1 N–H and O–H groups in total. The average molecular weight is 242 g/mol. The van der Waals surface area contributed by atoms with Crippen LogP contribution in [0.3, 0.4) is 0 Å². The highest BCUT2D eigenvalue weighted by Crippen LogP contribution is 2.33. The number of nitrogens with one attached hydrogen (secondary N) is 1. The van der Waals surface area contributed by atoms with Gasteiger partial charge in [0.1, 0.15) is 11.4 Å². The van der Waals surface area contributed by atoms with Gasteiger partial charge in [-0.1, -0.05) is 12.1 Å². The molecule has 1 aromatic carbocycles. The lowest BCUT2D eigenvalue weighted by Crippen LogP contribution is -2.04. The summed E-state index contributed by atoms with van der Waals surface area (Å²) < 4.78 is 42.3. The van der Waals surface area contributed by atoms with Crippen LogP contribution in [0.1, 0.15) is 5.69 Å². The van der Waals surface area contributed by atoms with Crippen molar-refractivity contribution >= 4 is 0 Å². The number of aromatic amines is 1. The zero-order valence-corrected chi connectivity index (χ0v) is 8.88. The van der Waals surface area contributed by atoms with Gasteiger partial charge in [-0.25, -0.2) is 0 Å². The van der Waals surface area contributed by atoms with Gasteiger partial charge in [-0.15, -0.1) is 0 Å². The minimum Gasteiger partial charge on any atom is -0.496 e. The third-order valence-electron chi connectivity index (χ3n) is 2.27. The van der Waals surface area contributed by atoms with Crippen LogP contribution in [0.5, 0.6) is 5.75 Å². The summed E-state index contributed by atoms with van der Waals surface area (Å²) in [6.07, 6.45) is -4.42. The molecule has 90 valence electrons. The molecule has 6 heteroatoms. The smallest absolute Gasteiger partial charge is 0.432 e. The Morgan fingerprint density at radius 1 is 1.24 bits per heavy atom. The lowest BCUT2D eigenvalue weighted by molar-refractivity contribution is -0.141. The zero-order valence-electron chi connectivity index (χ0n) is 8.88. The van der Waals surface area contributed by atoms with Crippen molar-refractivity contribution in [3.05, 3.63) is 36.0 Å². The molecular formula is C11H9F3N2O. The fourth-order valence-corrected chi connectivity index (χ4v) is 1.46. The molecular weight excluding hydrogens is 233 g/mol. The van der Waals surface area contributed by atoms with E-state index in [1.807, 2.05) is 5.10 Å². The van der Waals surface area contributed by atoms with Gasteiger partial charge in [0.25, 0.3) is 0 Å². The van der Waals surface area contributed by atoms with Gasteiger partial charge in [-0.3, -0.25) is 5.10 Å². The van der Waals surface area contributed by atoms with Gasteiger partial charge >= 0.3 is 6.18 Å². The van der Waals surface area contributed by atoms with Crippen molar-refractivity contribution in [2.45, 2.75) is 6.18 Å². The Hall–Kier alpha value is -1.98. The second-order valence-corrected chi connectivity index (χ2v) is 3.36. The molecule has 0 saturated heterocycles.